The molecule has 1 spiro atoms. The Bertz CT molecular complexity index is 2240. The zero-order chi connectivity index (χ0) is 27.4. The van der Waals surface area contributed by atoms with Gasteiger partial charge in [-0.1, -0.05) is 127 Å². The molecule has 1 heteroatoms. The Morgan fingerprint density at radius 2 is 0.905 bits per heavy atom. The van der Waals surface area contributed by atoms with Gasteiger partial charge in [-0.25, -0.2) is 0 Å². The van der Waals surface area contributed by atoms with E-state index in [1.54, 1.807) is 0 Å². The lowest BCUT2D eigenvalue weighted by Crippen LogP contribution is -2.25. The summed E-state index contributed by atoms with van der Waals surface area (Å²) in [6.45, 7) is 0. The lowest BCUT2D eigenvalue weighted by atomic mass is 9.70. The minimum Gasteiger partial charge on any atom is -0.0888 e. The number of benzene rings is 7. The fourth-order valence-electron chi connectivity index (χ4n) is 8.03. The highest BCUT2D eigenvalue weighted by Crippen LogP contribution is 2.63. The van der Waals surface area contributed by atoms with Crippen LogP contribution in [0.2, 0.25) is 0 Å². The standard InChI is InChI=1S/C41H24S/c1-5-15-34-28(11-1)29-12-2-6-16-35(29)41(34)36-17-7-3-13-30(36)32-23-25(20-21-37(32)41)27-22-26-10-9-19-39-40(26)33(24-27)31-14-4-8-18-38(31)42-39/h1-24H. The number of hydrogen-bond acceptors (Lipinski definition) is 1. The maximum atomic E-state index is 2.45. The Labute approximate surface area is 249 Å². The van der Waals surface area contributed by atoms with Crippen molar-refractivity contribution in [1.82, 2.24) is 0 Å². The van der Waals surface area contributed by atoms with Gasteiger partial charge in [-0.2, -0.15) is 0 Å². The summed E-state index contributed by atoms with van der Waals surface area (Å²) in [4.78, 5) is 2.68. The third-order valence-corrected chi connectivity index (χ3v) is 10.8. The van der Waals surface area contributed by atoms with Gasteiger partial charge in [0.15, 0.2) is 0 Å². The molecular formula is C41H24S. The summed E-state index contributed by atoms with van der Waals surface area (Å²) in [5.74, 6) is 0. The Morgan fingerprint density at radius 1 is 0.357 bits per heavy atom. The summed E-state index contributed by atoms with van der Waals surface area (Å²) < 4.78 is 0. The lowest BCUT2D eigenvalue weighted by Gasteiger charge is -2.30. The van der Waals surface area contributed by atoms with Crippen LogP contribution in [0.5, 0.6) is 0 Å². The van der Waals surface area contributed by atoms with E-state index in [2.05, 4.69) is 146 Å². The van der Waals surface area contributed by atoms with Crippen molar-refractivity contribution in [3.05, 3.63) is 168 Å². The highest BCUT2D eigenvalue weighted by Gasteiger charge is 2.51. The molecular weight excluding hydrogens is 525 g/mol. The Balaban J connectivity index is 1.25. The quantitative estimate of drug-likeness (QED) is 0.197. The molecule has 0 unspecified atom stereocenters. The Kier molecular flexibility index (Phi) is 4.41. The molecule has 0 radical (unpaired) electrons. The summed E-state index contributed by atoms with van der Waals surface area (Å²) in [6, 6.07) is 54.7. The van der Waals surface area contributed by atoms with Crippen LogP contribution in [0.15, 0.2) is 155 Å². The van der Waals surface area contributed by atoms with E-state index >= 15 is 0 Å². The molecule has 194 valence electrons. The first-order chi connectivity index (χ1) is 20.8. The highest BCUT2D eigenvalue weighted by molar-refractivity contribution is 7.99. The second-order valence-electron chi connectivity index (χ2n) is 11.6. The number of rotatable bonds is 1. The summed E-state index contributed by atoms with van der Waals surface area (Å²) in [5.41, 5.74) is 15.8. The van der Waals surface area contributed by atoms with Crippen LogP contribution in [-0.2, 0) is 5.41 Å². The molecule has 0 saturated heterocycles. The molecule has 7 aromatic carbocycles. The van der Waals surface area contributed by atoms with Crippen LogP contribution in [0.4, 0.5) is 0 Å². The van der Waals surface area contributed by atoms with Crippen LogP contribution < -0.4 is 0 Å². The van der Waals surface area contributed by atoms with Gasteiger partial charge in [-0.3, -0.25) is 0 Å². The monoisotopic (exact) mass is 548 g/mol. The maximum absolute atomic E-state index is 2.45. The van der Waals surface area contributed by atoms with Crippen LogP contribution in [0.1, 0.15) is 22.3 Å². The molecule has 0 aromatic heterocycles. The Morgan fingerprint density at radius 3 is 1.62 bits per heavy atom. The fraction of sp³-hybridized carbons (Fsp3) is 0.0244. The first-order valence-electron chi connectivity index (χ1n) is 14.6. The number of hydrogen-bond donors (Lipinski definition) is 0. The smallest absolute Gasteiger partial charge is 0.0725 e. The predicted molar refractivity (Wildman–Crippen MR) is 175 cm³/mol. The van der Waals surface area contributed by atoms with Crippen LogP contribution in [0, 0.1) is 0 Å². The van der Waals surface area contributed by atoms with Crippen LogP contribution >= 0.6 is 11.8 Å². The zero-order valence-electron chi connectivity index (χ0n) is 22.8. The van der Waals surface area contributed by atoms with Crippen molar-refractivity contribution in [2.24, 2.45) is 0 Å². The molecule has 1 aliphatic heterocycles. The van der Waals surface area contributed by atoms with Gasteiger partial charge in [0.05, 0.1) is 5.41 Å². The van der Waals surface area contributed by atoms with Crippen molar-refractivity contribution >= 4 is 22.5 Å². The van der Waals surface area contributed by atoms with Gasteiger partial charge < -0.3 is 0 Å². The van der Waals surface area contributed by atoms with Crippen molar-refractivity contribution in [2.45, 2.75) is 15.2 Å². The van der Waals surface area contributed by atoms with Crippen molar-refractivity contribution in [3.8, 4) is 44.5 Å². The molecule has 2 aliphatic carbocycles. The van der Waals surface area contributed by atoms with E-state index < -0.39 is 0 Å². The molecule has 0 atom stereocenters. The summed E-state index contributed by atoms with van der Waals surface area (Å²) in [7, 11) is 0. The lowest BCUT2D eigenvalue weighted by molar-refractivity contribution is 0.794. The van der Waals surface area contributed by atoms with Gasteiger partial charge >= 0.3 is 0 Å². The van der Waals surface area contributed by atoms with E-state index in [-0.39, 0.29) is 5.41 Å². The molecule has 1 heterocycles. The third-order valence-electron chi connectivity index (χ3n) is 9.67. The van der Waals surface area contributed by atoms with Crippen LogP contribution in [-0.4, -0.2) is 0 Å². The van der Waals surface area contributed by atoms with Gasteiger partial charge in [0.25, 0.3) is 0 Å². The van der Waals surface area contributed by atoms with Gasteiger partial charge in [0.2, 0.25) is 0 Å². The summed E-state index contributed by atoms with van der Waals surface area (Å²) in [6.07, 6.45) is 0. The molecule has 10 rings (SSSR count). The first-order valence-corrected chi connectivity index (χ1v) is 15.4. The number of fused-ring (bicyclic) bond motifs is 12. The minimum absolute atomic E-state index is 0.294. The zero-order valence-corrected chi connectivity index (χ0v) is 23.6. The van der Waals surface area contributed by atoms with Gasteiger partial charge in [0, 0.05) is 15.2 Å². The molecule has 0 bridgehead atoms. The van der Waals surface area contributed by atoms with Gasteiger partial charge in [-0.05, 0) is 102 Å². The summed E-state index contributed by atoms with van der Waals surface area (Å²) in [5, 5.41) is 2.67. The van der Waals surface area contributed by atoms with E-state index in [0.717, 1.165) is 0 Å². The van der Waals surface area contributed by atoms with Crippen molar-refractivity contribution in [2.75, 3.05) is 0 Å². The van der Waals surface area contributed by atoms with Crippen LogP contribution in [0.25, 0.3) is 55.3 Å². The third kappa shape index (κ3) is 2.75. The molecule has 7 aromatic rings. The second-order valence-corrected chi connectivity index (χ2v) is 12.7. The first kappa shape index (κ1) is 22.8. The van der Waals surface area contributed by atoms with E-state index in [1.165, 1.54) is 87.3 Å². The minimum atomic E-state index is -0.294. The molecule has 0 nitrogen and oxygen atoms in total. The molecule has 0 fully saturated rings. The fourth-order valence-corrected chi connectivity index (χ4v) is 9.18. The molecule has 0 saturated carbocycles. The average molecular weight is 549 g/mol. The SMILES string of the molecule is c1ccc2c(c1)Sc1cccc3cc(-c4ccc5c(c4)-c4ccccc4C54c5ccccc5-c5ccccc54)cc-2c13. The second kappa shape index (κ2) is 8.12. The molecule has 0 N–H and O–H groups in total. The van der Waals surface area contributed by atoms with Crippen molar-refractivity contribution < 1.29 is 0 Å². The van der Waals surface area contributed by atoms with Crippen molar-refractivity contribution in [3.63, 3.8) is 0 Å². The summed E-state index contributed by atoms with van der Waals surface area (Å²) >= 11 is 1.88. The molecule has 3 aliphatic rings. The largest absolute Gasteiger partial charge is 0.0888 e. The predicted octanol–water partition coefficient (Wildman–Crippen LogP) is 11.0. The van der Waals surface area contributed by atoms with E-state index in [1.807, 2.05) is 11.8 Å². The average Bonchev–Trinajstić information content (AvgIpc) is 3.52. The highest BCUT2D eigenvalue weighted by atomic mass is 32.2. The molecule has 0 amide bonds. The maximum Gasteiger partial charge on any atom is 0.0725 e. The van der Waals surface area contributed by atoms with Crippen molar-refractivity contribution in [1.29, 1.82) is 0 Å². The molecule has 42 heavy (non-hydrogen) atoms. The van der Waals surface area contributed by atoms with Crippen LogP contribution in [0.3, 0.4) is 0 Å². The van der Waals surface area contributed by atoms with E-state index in [9.17, 15) is 0 Å². The van der Waals surface area contributed by atoms with E-state index in [0.29, 0.717) is 0 Å². The van der Waals surface area contributed by atoms with Gasteiger partial charge in [0.1, 0.15) is 0 Å². The van der Waals surface area contributed by atoms with E-state index in [4.69, 9.17) is 0 Å². The topological polar surface area (TPSA) is 0 Å². The Hall–Kier alpha value is -4.85. The van der Waals surface area contributed by atoms with Gasteiger partial charge in [-0.15, -0.1) is 0 Å². The normalized spacial score (nSPS) is 14.3.